The van der Waals surface area contributed by atoms with Crippen molar-refractivity contribution in [1.29, 1.82) is 0 Å². The van der Waals surface area contributed by atoms with Gasteiger partial charge in [0.25, 0.3) is 0 Å². The predicted octanol–water partition coefficient (Wildman–Crippen LogP) is 4.74. The monoisotopic (exact) mass is 416 g/mol. The molecule has 1 N–H and O–H groups in total. The fourth-order valence-electron chi connectivity index (χ4n) is 4.23. The van der Waals surface area contributed by atoms with Gasteiger partial charge in [-0.1, -0.05) is 66.2 Å². The number of nitrogens with one attached hydrogen (secondary N) is 1. The van der Waals surface area contributed by atoms with Crippen molar-refractivity contribution >= 4 is 28.6 Å². The first kappa shape index (κ1) is 19.2. The minimum atomic E-state index is 0.774. The Morgan fingerprint density at radius 3 is 2.43 bits per heavy atom. The largest absolute Gasteiger partial charge is 0.340 e. The molecule has 3 aromatic carbocycles. The molecule has 1 aliphatic heterocycles. The molecule has 1 fully saturated rings. The summed E-state index contributed by atoms with van der Waals surface area (Å²) in [7, 11) is 0. The summed E-state index contributed by atoms with van der Waals surface area (Å²) < 4.78 is 2.37. The van der Waals surface area contributed by atoms with Crippen molar-refractivity contribution in [3.8, 4) is 0 Å². The van der Waals surface area contributed by atoms with Crippen molar-refractivity contribution in [3.63, 3.8) is 0 Å². The number of aromatic nitrogens is 2. The Morgan fingerprint density at radius 1 is 0.867 bits per heavy atom. The van der Waals surface area contributed by atoms with E-state index in [0.29, 0.717) is 0 Å². The zero-order chi connectivity index (χ0) is 20.3. The SMILES string of the molecule is Clc1cccc(Cc2cccc3c2nc(N2CCNCC2)n3Cc2ccccc2)c1. The number of imidazole rings is 1. The average Bonchev–Trinajstić information content (AvgIpc) is 3.15. The lowest BCUT2D eigenvalue weighted by atomic mass is 10.0. The first-order valence-corrected chi connectivity index (χ1v) is 10.9. The Labute approximate surface area is 182 Å². The smallest absolute Gasteiger partial charge is 0.206 e. The molecule has 4 aromatic rings. The number of nitrogens with zero attached hydrogens (tertiary/aromatic N) is 3. The fourth-order valence-corrected chi connectivity index (χ4v) is 4.44. The second kappa shape index (κ2) is 8.50. The van der Waals surface area contributed by atoms with E-state index in [1.165, 1.54) is 22.2 Å². The van der Waals surface area contributed by atoms with E-state index in [2.05, 4.69) is 69.4 Å². The fraction of sp³-hybridized carbons (Fsp3) is 0.240. The quantitative estimate of drug-likeness (QED) is 0.510. The molecule has 5 heteroatoms. The molecule has 152 valence electrons. The number of hydrogen-bond donors (Lipinski definition) is 1. The van der Waals surface area contributed by atoms with Crippen LogP contribution in [0.5, 0.6) is 0 Å². The first-order chi connectivity index (χ1) is 14.8. The van der Waals surface area contributed by atoms with Crippen LogP contribution in [0.4, 0.5) is 5.95 Å². The Kier molecular flexibility index (Phi) is 5.43. The van der Waals surface area contributed by atoms with Gasteiger partial charge in [-0.2, -0.15) is 0 Å². The van der Waals surface area contributed by atoms with Crippen LogP contribution in [-0.4, -0.2) is 35.7 Å². The van der Waals surface area contributed by atoms with Gasteiger partial charge in [-0.05, 0) is 41.3 Å². The molecular formula is C25H25ClN4. The highest BCUT2D eigenvalue weighted by atomic mass is 35.5. The number of benzene rings is 3. The van der Waals surface area contributed by atoms with Crippen LogP contribution in [-0.2, 0) is 13.0 Å². The van der Waals surface area contributed by atoms with Crippen molar-refractivity contribution in [1.82, 2.24) is 14.9 Å². The van der Waals surface area contributed by atoms with Crippen LogP contribution in [0.1, 0.15) is 16.7 Å². The number of piperazine rings is 1. The number of hydrogen-bond acceptors (Lipinski definition) is 3. The van der Waals surface area contributed by atoms with Crippen LogP contribution in [0, 0.1) is 0 Å². The molecule has 30 heavy (non-hydrogen) atoms. The maximum absolute atomic E-state index is 6.22. The summed E-state index contributed by atoms with van der Waals surface area (Å²) >= 11 is 6.22. The highest BCUT2D eigenvalue weighted by molar-refractivity contribution is 6.30. The van der Waals surface area contributed by atoms with Gasteiger partial charge in [0, 0.05) is 31.2 Å². The molecule has 1 aliphatic rings. The van der Waals surface area contributed by atoms with E-state index in [9.17, 15) is 0 Å². The predicted molar refractivity (Wildman–Crippen MR) is 125 cm³/mol. The molecule has 0 saturated carbocycles. The molecule has 5 rings (SSSR count). The molecule has 1 aromatic heterocycles. The second-order valence-corrected chi connectivity index (χ2v) is 8.25. The van der Waals surface area contributed by atoms with Gasteiger partial charge in [0.15, 0.2) is 0 Å². The minimum absolute atomic E-state index is 0.774. The van der Waals surface area contributed by atoms with Crippen molar-refractivity contribution in [2.45, 2.75) is 13.0 Å². The highest BCUT2D eigenvalue weighted by Crippen LogP contribution is 2.28. The number of fused-ring (bicyclic) bond motifs is 1. The van der Waals surface area contributed by atoms with Gasteiger partial charge in [0.05, 0.1) is 17.6 Å². The molecule has 0 bridgehead atoms. The third kappa shape index (κ3) is 3.93. The molecule has 0 spiro atoms. The van der Waals surface area contributed by atoms with E-state index in [1.807, 2.05) is 18.2 Å². The van der Waals surface area contributed by atoms with Gasteiger partial charge >= 0.3 is 0 Å². The lowest BCUT2D eigenvalue weighted by Gasteiger charge is -2.29. The molecular weight excluding hydrogens is 392 g/mol. The molecule has 0 aliphatic carbocycles. The summed E-state index contributed by atoms with van der Waals surface area (Å²) in [5, 5.41) is 4.22. The van der Waals surface area contributed by atoms with Crippen LogP contribution < -0.4 is 10.2 Å². The lowest BCUT2D eigenvalue weighted by molar-refractivity contribution is 0.571. The van der Waals surface area contributed by atoms with Crippen molar-refractivity contribution in [2.75, 3.05) is 31.1 Å². The van der Waals surface area contributed by atoms with Gasteiger partial charge in [-0.25, -0.2) is 4.98 Å². The average molecular weight is 417 g/mol. The van der Waals surface area contributed by atoms with Crippen LogP contribution in [0.25, 0.3) is 11.0 Å². The maximum atomic E-state index is 6.22. The molecule has 2 heterocycles. The maximum Gasteiger partial charge on any atom is 0.206 e. The third-order valence-corrected chi connectivity index (χ3v) is 5.94. The van der Waals surface area contributed by atoms with Gasteiger partial charge < -0.3 is 14.8 Å². The van der Waals surface area contributed by atoms with E-state index < -0.39 is 0 Å². The summed E-state index contributed by atoms with van der Waals surface area (Å²) in [6.07, 6.45) is 0.821. The first-order valence-electron chi connectivity index (χ1n) is 10.5. The number of rotatable bonds is 5. The van der Waals surface area contributed by atoms with Gasteiger partial charge in [0.2, 0.25) is 5.95 Å². The topological polar surface area (TPSA) is 33.1 Å². The molecule has 0 amide bonds. The summed E-state index contributed by atoms with van der Waals surface area (Å²) in [6, 6.07) is 25.3. The Hall–Kier alpha value is -2.82. The molecule has 0 atom stereocenters. The van der Waals surface area contributed by atoms with Gasteiger partial charge in [0.1, 0.15) is 0 Å². The normalized spacial score (nSPS) is 14.4. The zero-order valence-corrected chi connectivity index (χ0v) is 17.6. The second-order valence-electron chi connectivity index (χ2n) is 7.81. The van der Waals surface area contributed by atoms with Crippen LogP contribution in [0.3, 0.4) is 0 Å². The minimum Gasteiger partial charge on any atom is -0.340 e. The zero-order valence-electron chi connectivity index (χ0n) is 16.9. The Morgan fingerprint density at radius 2 is 1.63 bits per heavy atom. The summed E-state index contributed by atoms with van der Waals surface area (Å²) in [5.41, 5.74) is 6.00. The lowest BCUT2D eigenvalue weighted by Crippen LogP contribution is -2.44. The van der Waals surface area contributed by atoms with Crippen molar-refractivity contribution < 1.29 is 0 Å². The van der Waals surface area contributed by atoms with Crippen molar-refractivity contribution in [3.05, 3.63) is 94.5 Å². The summed E-state index contributed by atoms with van der Waals surface area (Å²) in [4.78, 5) is 7.58. The van der Waals surface area contributed by atoms with E-state index in [-0.39, 0.29) is 0 Å². The molecule has 0 unspecified atom stereocenters. The Balaban J connectivity index is 1.60. The number of anilines is 1. The van der Waals surface area contributed by atoms with Crippen LogP contribution >= 0.6 is 11.6 Å². The summed E-state index contributed by atoms with van der Waals surface area (Å²) in [5.74, 6) is 1.06. The van der Waals surface area contributed by atoms with Crippen LogP contribution in [0.2, 0.25) is 5.02 Å². The van der Waals surface area contributed by atoms with Crippen LogP contribution in [0.15, 0.2) is 72.8 Å². The molecule has 1 saturated heterocycles. The van der Waals surface area contributed by atoms with E-state index in [0.717, 1.165) is 55.6 Å². The Bertz CT molecular complexity index is 1150. The number of para-hydroxylation sites is 1. The molecule has 4 nitrogen and oxygen atoms in total. The van der Waals surface area contributed by atoms with Gasteiger partial charge in [-0.3, -0.25) is 0 Å². The van der Waals surface area contributed by atoms with Gasteiger partial charge in [-0.15, -0.1) is 0 Å². The third-order valence-electron chi connectivity index (χ3n) is 5.71. The summed E-state index contributed by atoms with van der Waals surface area (Å²) in [6.45, 7) is 4.74. The number of halogens is 1. The van der Waals surface area contributed by atoms with E-state index in [4.69, 9.17) is 16.6 Å². The standard InChI is InChI=1S/C25H25ClN4/c26-22-10-4-8-20(17-22)16-21-9-5-11-23-24(21)28-25(29-14-12-27-13-15-29)30(23)18-19-6-2-1-3-7-19/h1-11,17,27H,12-16,18H2. The highest BCUT2D eigenvalue weighted by Gasteiger charge is 2.20. The van der Waals surface area contributed by atoms with E-state index >= 15 is 0 Å². The van der Waals surface area contributed by atoms with Crippen molar-refractivity contribution in [2.24, 2.45) is 0 Å². The molecule has 0 radical (unpaired) electrons. The van der Waals surface area contributed by atoms with E-state index in [1.54, 1.807) is 0 Å².